The zero-order valence-electron chi connectivity index (χ0n) is 13.1. The molecule has 0 fully saturated rings. The van der Waals surface area contributed by atoms with Crippen molar-refractivity contribution in [1.29, 1.82) is 0 Å². The highest BCUT2D eigenvalue weighted by Gasteiger charge is 2.17. The molecule has 0 bridgehead atoms. The van der Waals surface area contributed by atoms with Crippen LogP contribution in [0.15, 0.2) is 36.9 Å². The minimum absolute atomic E-state index is 0.276. The van der Waals surface area contributed by atoms with Crippen molar-refractivity contribution >= 4 is 34.0 Å². The van der Waals surface area contributed by atoms with Crippen LogP contribution in [-0.4, -0.2) is 25.7 Å². The summed E-state index contributed by atoms with van der Waals surface area (Å²) in [6.07, 6.45) is 6.01. The fourth-order valence-electron chi connectivity index (χ4n) is 2.21. The number of thiazole rings is 1. The van der Waals surface area contributed by atoms with Gasteiger partial charge in [-0.15, -0.1) is 0 Å². The molecule has 0 aliphatic carbocycles. The molecule has 1 aromatic carbocycles. The molecule has 2 aromatic heterocycles. The summed E-state index contributed by atoms with van der Waals surface area (Å²) in [6.45, 7) is 2.13. The smallest absolute Gasteiger partial charge is 0.258 e. The van der Waals surface area contributed by atoms with Crippen LogP contribution in [0, 0.1) is 0 Å². The van der Waals surface area contributed by atoms with Crippen molar-refractivity contribution in [3.63, 3.8) is 0 Å². The highest BCUT2D eigenvalue weighted by atomic mass is 35.5. The van der Waals surface area contributed by atoms with E-state index >= 15 is 0 Å². The van der Waals surface area contributed by atoms with Gasteiger partial charge in [0, 0.05) is 0 Å². The zero-order valence-corrected chi connectivity index (χ0v) is 14.6. The minimum Gasteiger partial charge on any atom is -0.298 e. The zero-order chi connectivity index (χ0) is 16.9. The lowest BCUT2D eigenvalue weighted by molar-refractivity contribution is 0.102. The Labute approximate surface area is 148 Å². The molecule has 0 aliphatic rings. The third-order valence-electron chi connectivity index (χ3n) is 3.41. The number of halogens is 1. The van der Waals surface area contributed by atoms with Crippen molar-refractivity contribution in [1.82, 2.24) is 19.7 Å². The molecule has 3 rings (SSSR count). The van der Waals surface area contributed by atoms with Crippen LogP contribution in [0.5, 0.6) is 0 Å². The number of aryl methyl sites for hydroxylation is 1. The molecule has 0 unspecified atom stereocenters. The summed E-state index contributed by atoms with van der Waals surface area (Å²) in [5.41, 5.74) is 1.33. The quantitative estimate of drug-likeness (QED) is 0.720. The SMILES string of the molecule is CCCCc1nc(NC(=O)c2ccccc2Cl)sc1-n1cncn1. The van der Waals surface area contributed by atoms with Crippen LogP contribution in [0.25, 0.3) is 5.00 Å². The van der Waals surface area contributed by atoms with Gasteiger partial charge in [0.2, 0.25) is 0 Å². The first-order valence-electron chi connectivity index (χ1n) is 7.59. The second-order valence-corrected chi connectivity index (χ2v) is 6.53. The standard InChI is InChI=1S/C16H16ClN5OS/c1-2-3-8-13-15(22-10-18-9-19-22)24-16(20-13)21-14(23)11-6-4-5-7-12(11)17/h4-7,9-10H,2-3,8H2,1H3,(H,20,21,23). The Kier molecular flexibility index (Phi) is 5.22. The average molecular weight is 362 g/mol. The van der Waals surface area contributed by atoms with E-state index in [1.54, 1.807) is 35.3 Å². The molecule has 0 spiro atoms. The van der Waals surface area contributed by atoms with Crippen LogP contribution in [0.1, 0.15) is 35.8 Å². The summed E-state index contributed by atoms with van der Waals surface area (Å²) in [7, 11) is 0. The van der Waals surface area contributed by atoms with Crippen molar-refractivity contribution < 1.29 is 4.79 Å². The third kappa shape index (κ3) is 3.63. The predicted molar refractivity (Wildman–Crippen MR) is 95.0 cm³/mol. The van der Waals surface area contributed by atoms with Crippen molar-refractivity contribution in [2.24, 2.45) is 0 Å². The van der Waals surface area contributed by atoms with Crippen LogP contribution in [0.4, 0.5) is 5.13 Å². The number of carbonyl (C=O) groups excluding carboxylic acids is 1. The van der Waals surface area contributed by atoms with Gasteiger partial charge in [-0.3, -0.25) is 10.1 Å². The number of nitrogens with one attached hydrogen (secondary N) is 1. The lowest BCUT2D eigenvalue weighted by Gasteiger charge is -2.03. The number of hydrogen-bond acceptors (Lipinski definition) is 5. The lowest BCUT2D eigenvalue weighted by Crippen LogP contribution is -2.12. The van der Waals surface area contributed by atoms with E-state index in [-0.39, 0.29) is 5.91 Å². The summed E-state index contributed by atoms with van der Waals surface area (Å²) < 4.78 is 1.67. The monoisotopic (exact) mass is 361 g/mol. The number of aromatic nitrogens is 4. The van der Waals surface area contributed by atoms with E-state index in [9.17, 15) is 4.79 Å². The van der Waals surface area contributed by atoms with Gasteiger partial charge in [0.15, 0.2) is 5.13 Å². The van der Waals surface area contributed by atoms with Gasteiger partial charge in [-0.2, -0.15) is 5.10 Å². The highest BCUT2D eigenvalue weighted by molar-refractivity contribution is 7.18. The number of carbonyl (C=O) groups is 1. The summed E-state index contributed by atoms with van der Waals surface area (Å²) in [4.78, 5) is 20.9. The Morgan fingerprint density at radius 3 is 2.92 bits per heavy atom. The number of rotatable bonds is 6. The molecule has 24 heavy (non-hydrogen) atoms. The van der Waals surface area contributed by atoms with Crippen molar-refractivity contribution in [3.8, 4) is 5.00 Å². The Morgan fingerprint density at radius 1 is 1.38 bits per heavy atom. The number of anilines is 1. The minimum atomic E-state index is -0.276. The number of benzene rings is 1. The molecule has 8 heteroatoms. The summed E-state index contributed by atoms with van der Waals surface area (Å²) in [5.74, 6) is -0.276. The maximum absolute atomic E-state index is 12.4. The number of nitrogens with zero attached hydrogens (tertiary/aromatic N) is 4. The van der Waals surface area contributed by atoms with Crippen molar-refractivity contribution in [2.45, 2.75) is 26.2 Å². The van der Waals surface area contributed by atoms with Crippen molar-refractivity contribution in [3.05, 3.63) is 53.2 Å². The number of hydrogen-bond donors (Lipinski definition) is 1. The first kappa shape index (κ1) is 16.6. The van der Waals surface area contributed by atoms with E-state index in [0.717, 1.165) is 30.0 Å². The maximum atomic E-state index is 12.4. The first-order valence-corrected chi connectivity index (χ1v) is 8.79. The maximum Gasteiger partial charge on any atom is 0.258 e. The second kappa shape index (κ2) is 7.55. The first-order chi connectivity index (χ1) is 11.7. The molecule has 1 amide bonds. The topological polar surface area (TPSA) is 72.7 Å². The second-order valence-electron chi connectivity index (χ2n) is 5.15. The molecule has 2 heterocycles. The molecule has 3 aromatic rings. The van der Waals surface area contributed by atoms with Gasteiger partial charge in [0.25, 0.3) is 5.91 Å². The van der Waals surface area contributed by atoms with Gasteiger partial charge in [0.1, 0.15) is 17.7 Å². The third-order valence-corrected chi connectivity index (χ3v) is 4.74. The molecule has 0 saturated heterocycles. The molecule has 6 nitrogen and oxygen atoms in total. The summed E-state index contributed by atoms with van der Waals surface area (Å²) >= 11 is 7.44. The van der Waals surface area contributed by atoms with E-state index in [0.29, 0.717) is 15.7 Å². The molecule has 0 atom stereocenters. The average Bonchev–Trinajstić information content (AvgIpc) is 3.22. The molecule has 0 radical (unpaired) electrons. The van der Waals surface area contributed by atoms with Gasteiger partial charge < -0.3 is 0 Å². The largest absolute Gasteiger partial charge is 0.298 e. The van der Waals surface area contributed by atoms with Crippen LogP contribution < -0.4 is 5.32 Å². The van der Waals surface area contributed by atoms with Gasteiger partial charge in [-0.05, 0) is 25.0 Å². The van der Waals surface area contributed by atoms with Gasteiger partial charge in [-0.25, -0.2) is 14.6 Å². The summed E-state index contributed by atoms with van der Waals surface area (Å²) in [5, 5.41) is 8.79. The van der Waals surface area contributed by atoms with Gasteiger partial charge in [-0.1, -0.05) is 48.4 Å². The van der Waals surface area contributed by atoms with E-state index in [1.165, 1.54) is 17.7 Å². The fourth-order valence-corrected chi connectivity index (χ4v) is 3.36. The van der Waals surface area contributed by atoms with Gasteiger partial charge >= 0.3 is 0 Å². The van der Waals surface area contributed by atoms with E-state index in [1.807, 2.05) is 0 Å². The van der Waals surface area contributed by atoms with E-state index < -0.39 is 0 Å². The number of unbranched alkanes of at least 4 members (excludes halogenated alkanes) is 1. The molecule has 1 N–H and O–H groups in total. The molecule has 0 aliphatic heterocycles. The van der Waals surface area contributed by atoms with Crippen LogP contribution in [-0.2, 0) is 6.42 Å². The van der Waals surface area contributed by atoms with Crippen LogP contribution >= 0.6 is 22.9 Å². The Bertz CT molecular complexity index is 831. The predicted octanol–water partition coefficient (Wildman–Crippen LogP) is 3.97. The molecule has 124 valence electrons. The van der Waals surface area contributed by atoms with Crippen LogP contribution in [0.3, 0.4) is 0 Å². The van der Waals surface area contributed by atoms with E-state index in [4.69, 9.17) is 11.6 Å². The lowest BCUT2D eigenvalue weighted by atomic mass is 10.2. The molecular formula is C16H16ClN5OS. The molecule has 0 saturated carbocycles. The highest BCUT2D eigenvalue weighted by Crippen LogP contribution is 2.28. The normalized spacial score (nSPS) is 10.8. The number of amides is 1. The Balaban J connectivity index is 1.86. The van der Waals surface area contributed by atoms with E-state index in [2.05, 4.69) is 27.3 Å². The van der Waals surface area contributed by atoms with Crippen LogP contribution in [0.2, 0.25) is 5.02 Å². The van der Waals surface area contributed by atoms with Crippen molar-refractivity contribution in [2.75, 3.05) is 5.32 Å². The summed E-state index contributed by atoms with van der Waals surface area (Å²) in [6, 6.07) is 6.93. The Hall–Kier alpha value is -2.25. The van der Waals surface area contributed by atoms with Gasteiger partial charge in [0.05, 0.1) is 16.3 Å². The Morgan fingerprint density at radius 2 is 2.21 bits per heavy atom. The molecular weight excluding hydrogens is 346 g/mol. The fraction of sp³-hybridized carbons (Fsp3) is 0.250.